The Hall–Kier alpha value is -1.92. The predicted octanol–water partition coefficient (Wildman–Crippen LogP) is 4.41. The number of fused-ring (bicyclic) bond motifs is 1. The molecule has 0 unspecified atom stereocenters. The molecule has 1 atom stereocenters. The number of hydrogen-bond acceptors (Lipinski definition) is 2. The molecule has 1 heterocycles. The van der Waals surface area contributed by atoms with Gasteiger partial charge in [0.05, 0.1) is 5.56 Å². The van der Waals surface area contributed by atoms with E-state index in [9.17, 15) is 5.26 Å². The molecule has 3 heteroatoms. The number of aromatic amines is 1. The molecule has 20 heavy (non-hydrogen) atoms. The molecule has 0 aliphatic heterocycles. The zero-order chi connectivity index (χ0) is 14.1. The highest BCUT2D eigenvalue weighted by molar-refractivity contribution is 7.71. The maximum Gasteiger partial charge on any atom is 0.121 e. The third-order valence-corrected chi connectivity index (χ3v) is 4.35. The van der Waals surface area contributed by atoms with Gasteiger partial charge in [-0.05, 0) is 41.9 Å². The Balaban J connectivity index is 2.29. The van der Waals surface area contributed by atoms with Gasteiger partial charge in [0.25, 0.3) is 0 Å². The number of benzene rings is 1. The molecule has 100 valence electrons. The molecule has 0 amide bonds. The van der Waals surface area contributed by atoms with Crippen LogP contribution in [0.25, 0.3) is 11.3 Å². The molecule has 0 radical (unpaired) electrons. The fourth-order valence-electron chi connectivity index (χ4n) is 3.00. The second-order valence-electron chi connectivity index (χ2n) is 5.49. The molecule has 0 fully saturated rings. The first-order valence-electron chi connectivity index (χ1n) is 6.94. The van der Waals surface area contributed by atoms with Crippen molar-refractivity contribution in [3.63, 3.8) is 0 Å². The summed E-state index contributed by atoms with van der Waals surface area (Å²) in [4.78, 5) is 3.28. The van der Waals surface area contributed by atoms with Gasteiger partial charge in [-0.1, -0.05) is 49.5 Å². The molecule has 0 saturated heterocycles. The second kappa shape index (κ2) is 5.22. The molecular formula is C17H16N2S. The van der Waals surface area contributed by atoms with Gasteiger partial charge >= 0.3 is 0 Å². The summed E-state index contributed by atoms with van der Waals surface area (Å²) < 4.78 is 0.569. The minimum atomic E-state index is 0.569. The van der Waals surface area contributed by atoms with E-state index in [-0.39, 0.29) is 0 Å². The SMILES string of the molecule is C[C@@H]1CCc2c(c(-c3ccccc3)[nH]c(=S)c2C#N)C1. The fraction of sp³-hybridized carbons (Fsp3) is 0.294. The van der Waals surface area contributed by atoms with E-state index in [0.29, 0.717) is 16.1 Å². The van der Waals surface area contributed by atoms with Crippen LogP contribution in [0.1, 0.15) is 30.0 Å². The molecule has 2 nitrogen and oxygen atoms in total. The van der Waals surface area contributed by atoms with Gasteiger partial charge in [-0.25, -0.2) is 0 Å². The number of pyridine rings is 1. The first-order valence-corrected chi connectivity index (χ1v) is 7.35. The van der Waals surface area contributed by atoms with E-state index in [1.165, 1.54) is 5.56 Å². The smallest absolute Gasteiger partial charge is 0.121 e. The van der Waals surface area contributed by atoms with Crippen molar-refractivity contribution >= 4 is 12.2 Å². The first-order chi connectivity index (χ1) is 9.70. The maximum absolute atomic E-state index is 9.37. The minimum Gasteiger partial charge on any atom is -0.345 e. The van der Waals surface area contributed by atoms with E-state index < -0.39 is 0 Å². The summed E-state index contributed by atoms with van der Waals surface area (Å²) in [5, 5.41) is 9.37. The van der Waals surface area contributed by atoms with Crippen LogP contribution in [0.2, 0.25) is 0 Å². The van der Waals surface area contributed by atoms with Gasteiger partial charge in [0, 0.05) is 5.69 Å². The molecule has 1 N–H and O–H groups in total. The quantitative estimate of drug-likeness (QED) is 0.786. The van der Waals surface area contributed by atoms with Crippen molar-refractivity contribution in [1.82, 2.24) is 4.98 Å². The van der Waals surface area contributed by atoms with Crippen LogP contribution in [0, 0.1) is 21.9 Å². The zero-order valence-electron chi connectivity index (χ0n) is 11.4. The van der Waals surface area contributed by atoms with Gasteiger partial charge in [0.2, 0.25) is 0 Å². The normalized spacial score (nSPS) is 17.3. The van der Waals surface area contributed by atoms with Gasteiger partial charge in [0.15, 0.2) is 0 Å². The molecule has 2 aromatic rings. The van der Waals surface area contributed by atoms with Crippen LogP contribution in [-0.2, 0) is 12.8 Å². The van der Waals surface area contributed by atoms with Crippen LogP contribution in [0.4, 0.5) is 0 Å². The summed E-state index contributed by atoms with van der Waals surface area (Å²) in [6.07, 6.45) is 3.10. The van der Waals surface area contributed by atoms with Crippen LogP contribution in [0.5, 0.6) is 0 Å². The standard InChI is InChI=1S/C17H16N2S/c1-11-7-8-13-14(9-11)16(12-5-3-2-4-6-12)19-17(20)15(13)10-18/h2-6,11H,7-9H2,1H3,(H,19,20)/t11-/m1/s1. The van der Waals surface area contributed by atoms with Gasteiger partial charge in [-0.15, -0.1) is 0 Å². The molecule has 0 bridgehead atoms. The minimum absolute atomic E-state index is 0.569. The number of nitrogens with one attached hydrogen (secondary N) is 1. The van der Waals surface area contributed by atoms with E-state index in [4.69, 9.17) is 12.2 Å². The summed E-state index contributed by atoms with van der Waals surface area (Å²) in [5.74, 6) is 0.654. The average Bonchev–Trinajstić information content (AvgIpc) is 2.48. The van der Waals surface area contributed by atoms with Crippen molar-refractivity contribution in [2.75, 3.05) is 0 Å². The average molecular weight is 280 g/mol. The molecule has 0 spiro atoms. The Labute approximate surface area is 124 Å². The highest BCUT2D eigenvalue weighted by atomic mass is 32.1. The molecule has 3 rings (SSSR count). The lowest BCUT2D eigenvalue weighted by molar-refractivity contribution is 0.500. The van der Waals surface area contributed by atoms with Crippen molar-refractivity contribution in [2.24, 2.45) is 5.92 Å². The molecule has 1 aromatic carbocycles. The number of aromatic nitrogens is 1. The highest BCUT2D eigenvalue weighted by Gasteiger charge is 2.23. The summed E-state index contributed by atoms with van der Waals surface area (Å²) in [5.41, 5.74) is 5.35. The molecule has 0 saturated carbocycles. The van der Waals surface area contributed by atoms with E-state index in [0.717, 1.165) is 36.1 Å². The van der Waals surface area contributed by atoms with Crippen LogP contribution in [0.3, 0.4) is 0 Å². The third kappa shape index (κ3) is 2.17. The molecular weight excluding hydrogens is 264 g/mol. The number of nitrogens with zero attached hydrogens (tertiary/aromatic N) is 1. The molecule has 1 aromatic heterocycles. The van der Waals surface area contributed by atoms with Crippen LogP contribution < -0.4 is 0 Å². The third-order valence-electron chi connectivity index (χ3n) is 4.05. The highest BCUT2D eigenvalue weighted by Crippen LogP contribution is 2.34. The van der Waals surface area contributed by atoms with Gasteiger partial charge < -0.3 is 4.98 Å². The van der Waals surface area contributed by atoms with Crippen molar-refractivity contribution in [2.45, 2.75) is 26.2 Å². The zero-order valence-corrected chi connectivity index (χ0v) is 12.3. The number of rotatable bonds is 1. The van der Waals surface area contributed by atoms with Crippen molar-refractivity contribution in [3.05, 3.63) is 51.7 Å². The van der Waals surface area contributed by atoms with Crippen LogP contribution >= 0.6 is 12.2 Å². The Kier molecular flexibility index (Phi) is 3.42. The number of nitriles is 1. The predicted molar refractivity (Wildman–Crippen MR) is 83.0 cm³/mol. The largest absolute Gasteiger partial charge is 0.345 e. The monoisotopic (exact) mass is 280 g/mol. The lowest BCUT2D eigenvalue weighted by Gasteiger charge is -2.25. The Bertz CT molecular complexity index is 738. The summed E-state index contributed by atoms with van der Waals surface area (Å²) in [7, 11) is 0. The summed E-state index contributed by atoms with van der Waals surface area (Å²) in [6.45, 7) is 2.27. The Morgan fingerprint density at radius 3 is 2.70 bits per heavy atom. The fourth-order valence-corrected chi connectivity index (χ4v) is 3.27. The second-order valence-corrected chi connectivity index (χ2v) is 5.90. The number of H-pyrrole nitrogens is 1. The molecule has 1 aliphatic carbocycles. The summed E-state index contributed by atoms with van der Waals surface area (Å²) in [6, 6.07) is 12.5. The van der Waals surface area contributed by atoms with Gasteiger partial charge in [-0.3, -0.25) is 0 Å². The first kappa shape index (κ1) is 13.1. The van der Waals surface area contributed by atoms with Crippen molar-refractivity contribution in [3.8, 4) is 17.3 Å². The van der Waals surface area contributed by atoms with Crippen LogP contribution in [-0.4, -0.2) is 4.98 Å². The topological polar surface area (TPSA) is 39.6 Å². The van der Waals surface area contributed by atoms with Crippen LogP contribution in [0.15, 0.2) is 30.3 Å². The number of hydrogen-bond donors (Lipinski definition) is 1. The molecule has 1 aliphatic rings. The lowest BCUT2D eigenvalue weighted by atomic mass is 9.81. The maximum atomic E-state index is 9.37. The lowest BCUT2D eigenvalue weighted by Crippen LogP contribution is -2.15. The van der Waals surface area contributed by atoms with E-state index in [1.54, 1.807) is 0 Å². The van der Waals surface area contributed by atoms with Crippen molar-refractivity contribution in [1.29, 1.82) is 5.26 Å². The van der Waals surface area contributed by atoms with E-state index in [1.807, 2.05) is 18.2 Å². The van der Waals surface area contributed by atoms with E-state index >= 15 is 0 Å². The van der Waals surface area contributed by atoms with Gasteiger partial charge in [-0.2, -0.15) is 5.26 Å². The van der Waals surface area contributed by atoms with Gasteiger partial charge in [0.1, 0.15) is 10.7 Å². The van der Waals surface area contributed by atoms with E-state index in [2.05, 4.69) is 30.1 Å². The van der Waals surface area contributed by atoms with Crippen molar-refractivity contribution < 1.29 is 0 Å². The Morgan fingerprint density at radius 2 is 2.00 bits per heavy atom. The summed E-state index contributed by atoms with van der Waals surface area (Å²) >= 11 is 5.38. The Morgan fingerprint density at radius 1 is 1.25 bits per heavy atom.